The second-order valence-electron chi connectivity index (χ2n) is 5.16. The van der Waals surface area contributed by atoms with Crippen LogP contribution in [0.5, 0.6) is 0 Å². The minimum atomic E-state index is 0.631. The highest BCUT2D eigenvalue weighted by molar-refractivity contribution is 5.17. The molecule has 1 aromatic heterocycles. The van der Waals surface area contributed by atoms with Gasteiger partial charge in [0.1, 0.15) is 0 Å². The Morgan fingerprint density at radius 3 is 2.59 bits per heavy atom. The molecule has 2 aliphatic heterocycles. The summed E-state index contributed by atoms with van der Waals surface area (Å²) in [6, 6.07) is 2.30. The number of aromatic nitrogens is 2. The molecule has 0 aromatic carbocycles. The van der Waals surface area contributed by atoms with Crippen LogP contribution in [0.15, 0.2) is 6.07 Å². The Morgan fingerprint density at radius 2 is 1.82 bits per heavy atom. The number of nitrogens with zero attached hydrogens (tertiary/aromatic N) is 1. The Morgan fingerprint density at radius 1 is 1.06 bits per heavy atom. The summed E-state index contributed by atoms with van der Waals surface area (Å²) in [4.78, 5) is 0. The van der Waals surface area contributed by atoms with E-state index in [9.17, 15) is 0 Å². The number of hydrogen-bond acceptors (Lipinski definition) is 3. The number of piperidine rings is 1. The average molecular weight is 235 g/mol. The van der Waals surface area contributed by atoms with Gasteiger partial charge in [-0.1, -0.05) is 0 Å². The highest BCUT2D eigenvalue weighted by atomic mass is 16.5. The van der Waals surface area contributed by atoms with Crippen LogP contribution in [-0.4, -0.2) is 36.5 Å². The quantitative estimate of drug-likeness (QED) is 0.821. The predicted octanol–water partition coefficient (Wildman–Crippen LogP) is 1.77. The molecule has 0 aliphatic carbocycles. The Hall–Kier alpha value is -0.870. The fraction of sp³-hybridized carbons (Fsp3) is 0.769. The van der Waals surface area contributed by atoms with Crippen molar-refractivity contribution in [2.75, 3.05) is 26.3 Å². The van der Waals surface area contributed by atoms with Gasteiger partial charge in [0.15, 0.2) is 0 Å². The van der Waals surface area contributed by atoms with Crippen LogP contribution in [0, 0.1) is 0 Å². The van der Waals surface area contributed by atoms with E-state index in [0.29, 0.717) is 11.8 Å². The third-order valence-corrected chi connectivity index (χ3v) is 4.04. The lowest BCUT2D eigenvalue weighted by molar-refractivity contribution is 0.0845. The molecule has 94 valence electrons. The van der Waals surface area contributed by atoms with E-state index in [-0.39, 0.29) is 0 Å². The molecule has 1 aromatic rings. The van der Waals surface area contributed by atoms with Gasteiger partial charge in [-0.05, 0) is 44.8 Å². The molecule has 17 heavy (non-hydrogen) atoms. The topological polar surface area (TPSA) is 49.9 Å². The molecule has 4 nitrogen and oxygen atoms in total. The molecule has 0 spiro atoms. The van der Waals surface area contributed by atoms with Gasteiger partial charge in [-0.2, -0.15) is 5.10 Å². The summed E-state index contributed by atoms with van der Waals surface area (Å²) in [7, 11) is 0. The molecule has 4 heteroatoms. The Balaban J connectivity index is 1.68. The zero-order valence-corrected chi connectivity index (χ0v) is 10.2. The summed E-state index contributed by atoms with van der Waals surface area (Å²) in [5.41, 5.74) is 2.59. The summed E-state index contributed by atoms with van der Waals surface area (Å²) in [6.07, 6.45) is 4.71. The van der Waals surface area contributed by atoms with Gasteiger partial charge in [0, 0.05) is 30.7 Å². The highest BCUT2D eigenvalue weighted by Crippen LogP contribution is 2.29. The van der Waals surface area contributed by atoms with Crippen LogP contribution in [-0.2, 0) is 4.74 Å². The Bertz CT molecular complexity index is 319. The van der Waals surface area contributed by atoms with Gasteiger partial charge in [0.2, 0.25) is 0 Å². The van der Waals surface area contributed by atoms with Crippen LogP contribution in [0.25, 0.3) is 0 Å². The summed E-state index contributed by atoms with van der Waals surface area (Å²) in [5.74, 6) is 1.29. The van der Waals surface area contributed by atoms with Crippen molar-refractivity contribution in [1.29, 1.82) is 0 Å². The molecular weight excluding hydrogens is 214 g/mol. The molecule has 0 saturated carbocycles. The van der Waals surface area contributed by atoms with E-state index in [1.54, 1.807) is 0 Å². The molecule has 0 unspecified atom stereocenters. The Kier molecular flexibility index (Phi) is 3.43. The van der Waals surface area contributed by atoms with Crippen LogP contribution in [0.3, 0.4) is 0 Å². The van der Waals surface area contributed by atoms with Crippen molar-refractivity contribution >= 4 is 0 Å². The maximum absolute atomic E-state index is 5.40. The summed E-state index contributed by atoms with van der Waals surface area (Å²) in [5, 5.41) is 11.2. The van der Waals surface area contributed by atoms with Crippen LogP contribution >= 0.6 is 0 Å². The first-order chi connectivity index (χ1) is 8.43. The second-order valence-corrected chi connectivity index (χ2v) is 5.16. The van der Waals surface area contributed by atoms with Gasteiger partial charge in [0.25, 0.3) is 0 Å². The molecule has 3 heterocycles. The van der Waals surface area contributed by atoms with Crippen LogP contribution in [0.2, 0.25) is 0 Å². The average Bonchev–Trinajstić information content (AvgIpc) is 2.90. The largest absolute Gasteiger partial charge is 0.381 e. The first-order valence-electron chi connectivity index (χ1n) is 6.77. The normalized spacial score (nSPS) is 24.0. The second kappa shape index (κ2) is 5.19. The summed E-state index contributed by atoms with van der Waals surface area (Å²) in [6.45, 7) is 4.05. The van der Waals surface area contributed by atoms with Crippen LogP contribution in [0.4, 0.5) is 0 Å². The van der Waals surface area contributed by atoms with Gasteiger partial charge in [0.05, 0.1) is 5.69 Å². The minimum Gasteiger partial charge on any atom is -0.381 e. The summed E-state index contributed by atoms with van der Waals surface area (Å²) < 4.78 is 5.40. The standard InChI is InChI=1S/C13H21N3O/c1-5-14-6-2-10(1)12-9-13(16-15-12)11-3-7-17-8-4-11/h9-11,14H,1-8H2,(H,15,16). The van der Waals surface area contributed by atoms with Crippen molar-refractivity contribution in [3.63, 3.8) is 0 Å². The van der Waals surface area contributed by atoms with E-state index >= 15 is 0 Å². The van der Waals surface area contributed by atoms with Gasteiger partial charge in [-0.15, -0.1) is 0 Å². The molecule has 2 saturated heterocycles. The number of nitrogens with one attached hydrogen (secondary N) is 2. The first-order valence-corrected chi connectivity index (χ1v) is 6.77. The minimum absolute atomic E-state index is 0.631. The maximum Gasteiger partial charge on any atom is 0.0656 e. The van der Waals surface area contributed by atoms with Gasteiger partial charge in [-0.25, -0.2) is 0 Å². The van der Waals surface area contributed by atoms with Crippen molar-refractivity contribution in [1.82, 2.24) is 15.5 Å². The maximum atomic E-state index is 5.40. The first kappa shape index (κ1) is 11.2. The number of H-pyrrole nitrogens is 1. The predicted molar refractivity (Wildman–Crippen MR) is 66.2 cm³/mol. The van der Waals surface area contributed by atoms with E-state index in [0.717, 1.165) is 39.1 Å². The molecule has 0 radical (unpaired) electrons. The van der Waals surface area contributed by atoms with E-state index < -0.39 is 0 Å². The van der Waals surface area contributed by atoms with E-state index in [4.69, 9.17) is 4.74 Å². The fourth-order valence-electron chi connectivity index (χ4n) is 2.90. The molecule has 0 amide bonds. The molecule has 2 aliphatic rings. The van der Waals surface area contributed by atoms with E-state index in [2.05, 4.69) is 21.6 Å². The van der Waals surface area contributed by atoms with Crippen molar-refractivity contribution in [2.24, 2.45) is 0 Å². The number of rotatable bonds is 2. The van der Waals surface area contributed by atoms with Crippen molar-refractivity contribution in [3.8, 4) is 0 Å². The monoisotopic (exact) mass is 235 g/mol. The molecule has 3 rings (SSSR count). The van der Waals surface area contributed by atoms with E-state index in [1.807, 2.05) is 0 Å². The highest BCUT2D eigenvalue weighted by Gasteiger charge is 2.22. The Labute approximate surface area is 102 Å². The molecule has 0 atom stereocenters. The number of hydrogen-bond donors (Lipinski definition) is 2. The van der Waals surface area contributed by atoms with Crippen LogP contribution < -0.4 is 5.32 Å². The molecule has 2 N–H and O–H groups in total. The SMILES string of the molecule is c1c(C2CCNCC2)n[nH]c1C1CCOCC1. The lowest BCUT2D eigenvalue weighted by Crippen LogP contribution is -2.26. The third-order valence-electron chi connectivity index (χ3n) is 4.04. The smallest absolute Gasteiger partial charge is 0.0656 e. The fourth-order valence-corrected chi connectivity index (χ4v) is 2.90. The van der Waals surface area contributed by atoms with E-state index in [1.165, 1.54) is 24.2 Å². The zero-order valence-electron chi connectivity index (χ0n) is 10.2. The number of aromatic amines is 1. The summed E-state index contributed by atoms with van der Waals surface area (Å²) >= 11 is 0. The van der Waals surface area contributed by atoms with Gasteiger partial charge in [-0.3, -0.25) is 5.10 Å². The number of ether oxygens (including phenoxy) is 1. The third kappa shape index (κ3) is 2.53. The van der Waals surface area contributed by atoms with Crippen molar-refractivity contribution in [3.05, 3.63) is 17.5 Å². The molecule has 0 bridgehead atoms. The van der Waals surface area contributed by atoms with Gasteiger partial charge >= 0.3 is 0 Å². The lowest BCUT2D eigenvalue weighted by atomic mass is 9.92. The zero-order chi connectivity index (χ0) is 11.5. The lowest BCUT2D eigenvalue weighted by Gasteiger charge is -2.21. The van der Waals surface area contributed by atoms with Gasteiger partial charge < -0.3 is 10.1 Å². The molecule has 2 fully saturated rings. The van der Waals surface area contributed by atoms with Crippen molar-refractivity contribution < 1.29 is 4.74 Å². The van der Waals surface area contributed by atoms with Crippen molar-refractivity contribution in [2.45, 2.75) is 37.5 Å². The molecular formula is C13H21N3O. The van der Waals surface area contributed by atoms with Crippen LogP contribution in [0.1, 0.15) is 48.9 Å².